The number of aliphatic hydroxyl groups is 1. The third kappa shape index (κ3) is 4.57. The molecule has 3 nitrogen and oxygen atoms in total. The molecular formula is C17H28N2O. The molecule has 0 amide bonds. The highest BCUT2D eigenvalue weighted by Crippen LogP contribution is 2.27. The first-order chi connectivity index (χ1) is 9.73. The minimum Gasteiger partial charge on any atom is -0.389 e. The topological polar surface area (TPSA) is 45.1 Å². The monoisotopic (exact) mass is 276 g/mol. The van der Waals surface area contributed by atoms with Crippen LogP contribution in [0.5, 0.6) is 0 Å². The second kappa shape index (κ2) is 7.75. The van der Waals surface area contributed by atoms with E-state index in [1.807, 2.05) is 18.3 Å². The van der Waals surface area contributed by atoms with Gasteiger partial charge >= 0.3 is 0 Å². The van der Waals surface area contributed by atoms with E-state index in [0.717, 1.165) is 44.2 Å². The van der Waals surface area contributed by atoms with Crippen molar-refractivity contribution in [3.05, 3.63) is 30.1 Å². The van der Waals surface area contributed by atoms with E-state index in [0.29, 0.717) is 6.54 Å². The lowest BCUT2D eigenvalue weighted by atomic mass is 9.93. The van der Waals surface area contributed by atoms with Crippen LogP contribution < -0.4 is 5.32 Å². The van der Waals surface area contributed by atoms with Gasteiger partial charge in [0.2, 0.25) is 0 Å². The third-order valence-corrected chi connectivity index (χ3v) is 4.33. The maximum absolute atomic E-state index is 10.7. The fourth-order valence-corrected chi connectivity index (χ4v) is 3.10. The van der Waals surface area contributed by atoms with E-state index in [4.69, 9.17) is 0 Å². The lowest BCUT2D eigenvalue weighted by molar-refractivity contribution is 0.0222. The zero-order valence-corrected chi connectivity index (χ0v) is 12.6. The van der Waals surface area contributed by atoms with Gasteiger partial charge in [0.25, 0.3) is 0 Å². The molecule has 3 heteroatoms. The summed E-state index contributed by atoms with van der Waals surface area (Å²) in [5.41, 5.74) is 0.573. The van der Waals surface area contributed by atoms with Crippen LogP contribution in [0.4, 0.5) is 0 Å². The fraction of sp³-hybridized carbons (Fsp3) is 0.706. The summed E-state index contributed by atoms with van der Waals surface area (Å²) in [5.74, 6) is 0. The van der Waals surface area contributed by atoms with Crippen LogP contribution in [0.1, 0.15) is 70.0 Å². The van der Waals surface area contributed by atoms with Crippen LogP contribution >= 0.6 is 0 Å². The van der Waals surface area contributed by atoms with Gasteiger partial charge in [-0.15, -0.1) is 0 Å². The number of nitrogens with one attached hydrogen (secondary N) is 1. The number of pyridine rings is 1. The van der Waals surface area contributed by atoms with Gasteiger partial charge in [-0.2, -0.15) is 0 Å². The summed E-state index contributed by atoms with van der Waals surface area (Å²) < 4.78 is 0. The summed E-state index contributed by atoms with van der Waals surface area (Å²) in [6.07, 6.45) is 10.7. The van der Waals surface area contributed by atoms with Crippen LogP contribution in [0.2, 0.25) is 0 Å². The van der Waals surface area contributed by atoms with Crippen LogP contribution in [0.15, 0.2) is 24.4 Å². The van der Waals surface area contributed by atoms with Crippen molar-refractivity contribution in [2.75, 3.05) is 6.54 Å². The standard InChI is InChI=1S/C17H28N2O/c1-2-9-15(16-10-5-8-13-18-16)19-14-17(20)11-6-3-4-7-12-17/h5,8,10,13,15,19-20H,2-4,6-7,9,11-12,14H2,1H3. The van der Waals surface area contributed by atoms with Crippen molar-refractivity contribution in [1.29, 1.82) is 0 Å². The molecule has 0 aromatic carbocycles. The van der Waals surface area contributed by atoms with Crippen molar-refractivity contribution >= 4 is 0 Å². The van der Waals surface area contributed by atoms with Gasteiger partial charge in [0, 0.05) is 18.8 Å². The molecule has 1 atom stereocenters. The summed E-state index contributed by atoms with van der Waals surface area (Å²) in [6.45, 7) is 2.88. The van der Waals surface area contributed by atoms with Crippen LogP contribution in [0.25, 0.3) is 0 Å². The van der Waals surface area contributed by atoms with Crippen molar-refractivity contribution in [3.63, 3.8) is 0 Å². The molecule has 1 aromatic heterocycles. The second-order valence-corrected chi connectivity index (χ2v) is 6.12. The van der Waals surface area contributed by atoms with Crippen LogP contribution in [0, 0.1) is 0 Å². The SMILES string of the molecule is CCCC(NCC1(O)CCCCCC1)c1ccccn1. The van der Waals surface area contributed by atoms with Crippen LogP contribution in [-0.4, -0.2) is 22.2 Å². The number of aromatic nitrogens is 1. The molecule has 1 unspecified atom stereocenters. The molecular weight excluding hydrogens is 248 g/mol. The predicted octanol–water partition coefficient (Wildman–Crippen LogP) is 3.60. The molecule has 0 radical (unpaired) electrons. The molecule has 1 heterocycles. The second-order valence-electron chi connectivity index (χ2n) is 6.12. The van der Waals surface area contributed by atoms with Gasteiger partial charge < -0.3 is 10.4 Å². The maximum atomic E-state index is 10.7. The average Bonchev–Trinajstić information content (AvgIpc) is 2.70. The smallest absolute Gasteiger partial charge is 0.0771 e. The fourth-order valence-electron chi connectivity index (χ4n) is 3.10. The van der Waals surface area contributed by atoms with E-state index in [1.54, 1.807) is 0 Å². The molecule has 0 bridgehead atoms. The quantitative estimate of drug-likeness (QED) is 0.780. The zero-order chi connectivity index (χ0) is 14.3. The largest absolute Gasteiger partial charge is 0.389 e. The van der Waals surface area contributed by atoms with Crippen molar-refractivity contribution in [2.24, 2.45) is 0 Å². The maximum Gasteiger partial charge on any atom is 0.0771 e. The summed E-state index contributed by atoms with van der Waals surface area (Å²) in [7, 11) is 0. The van der Waals surface area contributed by atoms with Gasteiger partial charge in [-0.25, -0.2) is 0 Å². The molecule has 112 valence electrons. The van der Waals surface area contributed by atoms with Gasteiger partial charge in [0.1, 0.15) is 0 Å². The Bertz CT molecular complexity index is 372. The Kier molecular flexibility index (Phi) is 5.99. The number of rotatable bonds is 6. The van der Waals surface area contributed by atoms with E-state index < -0.39 is 5.60 Å². The van der Waals surface area contributed by atoms with E-state index >= 15 is 0 Å². The lowest BCUT2D eigenvalue weighted by Crippen LogP contribution is -2.41. The lowest BCUT2D eigenvalue weighted by Gasteiger charge is -2.29. The van der Waals surface area contributed by atoms with E-state index in [1.165, 1.54) is 12.8 Å². The van der Waals surface area contributed by atoms with Gasteiger partial charge in [-0.05, 0) is 31.4 Å². The number of nitrogens with zero attached hydrogens (tertiary/aromatic N) is 1. The number of hydrogen-bond donors (Lipinski definition) is 2. The van der Waals surface area contributed by atoms with Gasteiger partial charge in [-0.1, -0.05) is 45.1 Å². The molecule has 2 rings (SSSR count). The van der Waals surface area contributed by atoms with Crippen molar-refractivity contribution in [1.82, 2.24) is 10.3 Å². The Labute approximate surface area is 122 Å². The van der Waals surface area contributed by atoms with Crippen LogP contribution in [-0.2, 0) is 0 Å². The average molecular weight is 276 g/mol. The highest BCUT2D eigenvalue weighted by Gasteiger charge is 2.28. The third-order valence-electron chi connectivity index (χ3n) is 4.33. The first kappa shape index (κ1) is 15.5. The highest BCUT2D eigenvalue weighted by molar-refractivity contribution is 5.08. The number of hydrogen-bond acceptors (Lipinski definition) is 3. The van der Waals surface area contributed by atoms with Crippen molar-refractivity contribution in [3.8, 4) is 0 Å². The molecule has 1 aliphatic rings. The first-order valence-corrected chi connectivity index (χ1v) is 8.10. The summed E-state index contributed by atoms with van der Waals surface area (Å²) in [6, 6.07) is 6.32. The predicted molar refractivity (Wildman–Crippen MR) is 82.5 cm³/mol. The van der Waals surface area contributed by atoms with E-state index in [-0.39, 0.29) is 6.04 Å². The normalized spacial score (nSPS) is 20.3. The molecule has 1 aliphatic carbocycles. The van der Waals surface area contributed by atoms with Gasteiger partial charge in [0.15, 0.2) is 0 Å². The molecule has 2 N–H and O–H groups in total. The van der Waals surface area contributed by atoms with E-state index in [9.17, 15) is 5.11 Å². The molecule has 1 fully saturated rings. The van der Waals surface area contributed by atoms with Crippen LogP contribution in [0.3, 0.4) is 0 Å². The summed E-state index contributed by atoms with van der Waals surface area (Å²) >= 11 is 0. The Morgan fingerprint density at radius 2 is 2.00 bits per heavy atom. The van der Waals surface area contributed by atoms with Gasteiger partial charge in [0.05, 0.1) is 11.3 Å². The minimum atomic E-state index is -0.517. The summed E-state index contributed by atoms with van der Waals surface area (Å²) in [5, 5.41) is 14.3. The van der Waals surface area contributed by atoms with Gasteiger partial charge in [-0.3, -0.25) is 4.98 Å². The van der Waals surface area contributed by atoms with Crippen molar-refractivity contribution < 1.29 is 5.11 Å². The zero-order valence-electron chi connectivity index (χ0n) is 12.6. The Morgan fingerprint density at radius 1 is 1.25 bits per heavy atom. The molecule has 1 saturated carbocycles. The molecule has 0 aliphatic heterocycles. The molecule has 0 spiro atoms. The Hall–Kier alpha value is -0.930. The molecule has 20 heavy (non-hydrogen) atoms. The first-order valence-electron chi connectivity index (χ1n) is 8.10. The molecule has 0 saturated heterocycles. The van der Waals surface area contributed by atoms with Crippen molar-refractivity contribution in [2.45, 2.75) is 69.9 Å². The van der Waals surface area contributed by atoms with E-state index in [2.05, 4.69) is 23.3 Å². The Morgan fingerprint density at radius 3 is 2.60 bits per heavy atom. The molecule has 1 aromatic rings. The highest BCUT2D eigenvalue weighted by atomic mass is 16.3. The Balaban J connectivity index is 1.94. The summed E-state index contributed by atoms with van der Waals surface area (Å²) in [4.78, 5) is 4.46. The minimum absolute atomic E-state index is 0.258.